The third-order valence-corrected chi connectivity index (χ3v) is 5.71. The number of benzene rings is 2. The van der Waals surface area contributed by atoms with Gasteiger partial charge in [0.1, 0.15) is 17.7 Å². The monoisotopic (exact) mass is 361 g/mol. The molecule has 1 heterocycles. The van der Waals surface area contributed by atoms with Gasteiger partial charge < -0.3 is 0 Å². The number of hydrogen-bond acceptors (Lipinski definition) is 5. The van der Waals surface area contributed by atoms with Crippen LogP contribution in [0, 0.1) is 38.7 Å². The van der Waals surface area contributed by atoms with E-state index in [1.54, 1.807) is 11.8 Å². The molecule has 0 bridgehead atoms. The average Bonchev–Trinajstić information content (AvgIpc) is 2.68. The van der Waals surface area contributed by atoms with E-state index in [0.29, 0.717) is 11.3 Å². The van der Waals surface area contributed by atoms with E-state index in [4.69, 9.17) is 0 Å². The number of fused-ring (bicyclic) bond motifs is 1. The molecule has 5 nitrogen and oxygen atoms in total. The van der Waals surface area contributed by atoms with Gasteiger partial charge in [0.25, 0.3) is 0 Å². The van der Waals surface area contributed by atoms with Gasteiger partial charge in [-0.2, -0.15) is 10.5 Å². The first-order chi connectivity index (χ1) is 12.7. The summed E-state index contributed by atoms with van der Waals surface area (Å²) in [7, 11) is 0. The van der Waals surface area contributed by atoms with Crippen molar-refractivity contribution in [1.82, 2.24) is 0 Å². The van der Waals surface area contributed by atoms with Gasteiger partial charge in [-0.25, -0.2) is 0 Å². The van der Waals surface area contributed by atoms with Crippen LogP contribution in [0.3, 0.4) is 0 Å². The number of thioether (sulfide) groups is 1. The first kappa shape index (κ1) is 17.7. The Bertz CT molecular complexity index is 926. The van der Waals surface area contributed by atoms with E-state index in [1.165, 1.54) is 0 Å². The van der Waals surface area contributed by atoms with Gasteiger partial charge in [0.05, 0.1) is 5.92 Å². The highest BCUT2D eigenvalue weighted by Gasteiger charge is 2.36. The molecule has 6 heteroatoms. The second-order valence-corrected chi connectivity index (χ2v) is 7.02. The van der Waals surface area contributed by atoms with E-state index < -0.39 is 5.92 Å². The molecule has 0 fully saturated rings. The van der Waals surface area contributed by atoms with Crippen LogP contribution in [0.15, 0.2) is 65.1 Å². The molecule has 1 aliphatic rings. The van der Waals surface area contributed by atoms with Gasteiger partial charge in [-0.1, -0.05) is 48.5 Å². The maximum Gasteiger partial charge on any atom is 0.211 e. The number of rotatable bonds is 4. The Kier molecular flexibility index (Phi) is 5.36. The fraction of sp³-hybridized carbons (Fsp3) is 0.200. The number of hydrogen-bond donors (Lipinski definition) is 0. The molecule has 26 heavy (non-hydrogen) atoms. The van der Waals surface area contributed by atoms with Gasteiger partial charge in [-0.05, 0) is 22.8 Å². The van der Waals surface area contributed by atoms with E-state index in [1.807, 2.05) is 66.7 Å². The van der Waals surface area contributed by atoms with E-state index in [0.717, 1.165) is 16.0 Å². The minimum absolute atomic E-state index is 0.0343. The van der Waals surface area contributed by atoms with Crippen LogP contribution in [-0.2, 0) is 0 Å². The summed E-state index contributed by atoms with van der Waals surface area (Å²) in [5.74, 6) is -0.0946. The maximum absolute atomic E-state index is 11.3. The van der Waals surface area contributed by atoms with Crippen molar-refractivity contribution in [2.75, 3.05) is 12.3 Å². The molecule has 1 aliphatic heterocycles. The highest BCUT2D eigenvalue weighted by molar-refractivity contribution is 7.99. The molecule has 0 aliphatic carbocycles. The highest BCUT2D eigenvalue weighted by atomic mass is 32.2. The lowest BCUT2D eigenvalue weighted by molar-refractivity contribution is -0.484. The van der Waals surface area contributed by atoms with Crippen LogP contribution in [0.25, 0.3) is 5.57 Å². The van der Waals surface area contributed by atoms with Crippen LogP contribution in [-0.4, -0.2) is 17.2 Å². The molecule has 2 atom stereocenters. The fourth-order valence-corrected chi connectivity index (χ4v) is 4.65. The van der Waals surface area contributed by atoms with Crippen LogP contribution >= 0.6 is 11.8 Å². The van der Waals surface area contributed by atoms with Crippen LogP contribution in [0.5, 0.6) is 0 Å². The maximum atomic E-state index is 11.3. The Hall–Kier alpha value is -3.09. The molecule has 0 aromatic heterocycles. The summed E-state index contributed by atoms with van der Waals surface area (Å²) in [6, 6.07) is 20.9. The largest absolute Gasteiger partial charge is 0.265 e. The molecule has 0 radical (unpaired) electrons. The highest BCUT2D eigenvalue weighted by Crippen LogP contribution is 2.47. The second kappa shape index (κ2) is 7.86. The summed E-state index contributed by atoms with van der Waals surface area (Å²) in [6.45, 7) is -0.245. The van der Waals surface area contributed by atoms with E-state index in [-0.39, 0.29) is 23.0 Å². The summed E-state index contributed by atoms with van der Waals surface area (Å²) < 4.78 is 0. The van der Waals surface area contributed by atoms with E-state index >= 15 is 0 Å². The van der Waals surface area contributed by atoms with Crippen molar-refractivity contribution < 1.29 is 4.92 Å². The smallest absolute Gasteiger partial charge is 0.211 e. The molecule has 0 saturated carbocycles. The number of nitriles is 2. The number of allylic oxidation sites excluding steroid dienone is 2. The molecular formula is C20H15N3O2S. The molecular weight excluding hydrogens is 346 g/mol. The zero-order valence-corrected chi connectivity index (χ0v) is 14.6. The van der Waals surface area contributed by atoms with Crippen molar-refractivity contribution in [3.8, 4) is 12.1 Å². The Morgan fingerprint density at radius 2 is 1.81 bits per heavy atom. The van der Waals surface area contributed by atoms with Gasteiger partial charge in [-0.3, -0.25) is 10.1 Å². The molecule has 2 aromatic carbocycles. The number of nitrogens with zero attached hydrogens (tertiary/aromatic N) is 3. The van der Waals surface area contributed by atoms with Crippen molar-refractivity contribution in [2.45, 2.75) is 10.8 Å². The van der Waals surface area contributed by atoms with E-state index in [2.05, 4.69) is 0 Å². The first-order valence-electron chi connectivity index (χ1n) is 8.09. The molecule has 0 N–H and O–H groups in total. The van der Waals surface area contributed by atoms with Gasteiger partial charge >= 0.3 is 0 Å². The van der Waals surface area contributed by atoms with Gasteiger partial charge in [0, 0.05) is 21.5 Å². The molecule has 1 unspecified atom stereocenters. The minimum atomic E-state index is -0.404. The third kappa shape index (κ3) is 3.46. The lowest BCUT2D eigenvalue weighted by Crippen LogP contribution is -2.27. The molecule has 3 rings (SSSR count). The topological polar surface area (TPSA) is 90.7 Å². The van der Waals surface area contributed by atoms with Crippen molar-refractivity contribution in [3.63, 3.8) is 0 Å². The minimum Gasteiger partial charge on any atom is -0.265 e. The fourth-order valence-electron chi connectivity index (χ4n) is 3.39. The summed E-state index contributed by atoms with van der Waals surface area (Å²) in [6.07, 6.45) is 0. The SMILES string of the molecule is N#CC(C#N)=C1c2ccccc2SC[C@H]1C(C[N+](=O)[O-])c1ccccc1. The Labute approximate surface area is 155 Å². The summed E-state index contributed by atoms with van der Waals surface area (Å²) in [5, 5.41) is 30.3. The lowest BCUT2D eigenvalue weighted by Gasteiger charge is -2.32. The quantitative estimate of drug-likeness (QED) is 0.461. The summed E-state index contributed by atoms with van der Waals surface area (Å²) in [4.78, 5) is 12.0. The second-order valence-electron chi connectivity index (χ2n) is 5.96. The number of nitro groups is 1. The molecule has 128 valence electrons. The predicted octanol–water partition coefficient (Wildman–Crippen LogP) is 4.27. The summed E-state index contributed by atoms with van der Waals surface area (Å²) >= 11 is 1.61. The zero-order valence-electron chi connectivity index (χ0n) is 13.8. The standard InChI is InChI=1S/C20H15N3O2S/c21-10-15(11-22)20-16-8-4-5-9-19(16)26-13-18(20)17(12-23(24)25)14-6-2-1-3-7-14/h1-9,17-18H,12-13H2/t17?,18-/m0/s1. The molecule has 0 spiro atoms. The Morgan fingerprint density at radius 1 is 1.15 bits per heavy atom. The molecule has 0 saturated heterocycles. The summed E-state index contributed by atoms with van der Waals surface area (Å²) in [5.41, 5.74) is 2.34. The first-order valence-corrected chi connectivity index (χ1v) is 9.07. The van der Waals surface area contributed by atoms with Gasteiger partial charge in [0.15, 0.2) is 0 Å². The van der Waals surface area contributed by atoms with Gasteiger partial charge in [-0.15, -0.1) is 11.8 Å². The molecule has 2 aromatic rings. The third-order valence-electron chi connectivity index (χ3n) is 4.52. The van der Waals surface area contributed by atoms with Crippen LogP contribution in [0.4, 0.5) is 0 Å². The van der Waals surface area contributed by atoms with Crippen molar-refractivity contribution >= 4 is 17.3 Å². The van der Waals surface area contributed by atoms with Gasteiger partial charge in [0.2, 0.25) is 6.54 Å². The van der Waals surface area contributed by atoms with Crippen LogP contribution in [0.1, 0.15) is 17.0 Å². The zero-order chi connectivity index (χ0) is 18.5. The Morgan fingerprint density at radius 3 is 2.46 bits per heavy atom. The van der Waals surface area contributed by atoms with Crippen molar-refractivity contribution in [3.05, 3.63) is 81.4 Å². The van der Waals surface area contributed by atoms with E-state index in [9.17, 15) is 20.6 Å². The predicted molar refractivity (Wildman–Crippen MR) is 99.8 cm³/mol. The normalized spacial score (nSPS) is 16.7. The Balaban J connectivity index is 2.18. The molecule has 0 amide bonds. The van der Waals surface area contributed by atoms with Crippen molar-refractivity contribution in [1.29, 1.82) is 10.5 Å². The van der Waals surface area contributed by atoms with Crippen LogP contribution < -0.4 is 0 Å². The van der Waals surface area contributed by atoms with Crippen molar-refractivity contribution in [2.24, 2.45) is 5.92 Å². The lowest BCUT2D eigenvalue weighted by atomic mass is 9.77. The van der Waals surface area contributed by atoms with Crippen LogP contribution in [0.2, 0.25) is 0 Å². The average molecular weight is 361 g/mol.